The van der Waals surface area contributed by atoms with Crippen LogP contribution in [-0.4, -0.2) is 48.9 Å². The van der Waals surface area contributed by atoms with E-state index in [9.17, 15) is 4.79 Å². The zero-order chi connectivity index (χ0) is 13.4. The van der Waals surface area contributed by atoms with Crippen LogP contribution in [-0.2, 0) is 9.63 Å². The van der Waals surface area contributed by atoms with Crippen molar-refractivity contribution in [2.75, 3.05) is 26.2 Å². The molecule has 2 N–H and O–H groups in total. The van der Waals surface area contributed by atoms with E-state index >= 15 is 0 Å². The van der Waals surface area contributed by atoms with Gasteiger partial charge in [-0.25, -0.2) is 5.01 Å². The highest BCUT2D eigenvalue weighted by molar-refractivity contribution is 5.96. The summed E-state index contributed by atoms with van der Waals surface area (Å²) in [5.41, 5.74) is 3.72. The maximum absolute atomic E-state index is 11.9. The van der Waals surface area contributed by atoms with E-state index in [1.807, 2.05) is 18.9 Å². The molecule has 1 atom stereocenters. The van der Waals surface area contributed by atoms with E-state index in [4.69, 9.17) is 4.84 Å². The summed E-state index contributed by atoms with van der Waals surface area (Å²) in [5.74, 6) is -0.0207. The van der Waals surface area contributed by atoms with Crippen LogP contribution in [0.25, 0.3) is 0 Å². The van der Waals surface area contributed by atoms with Gasteiger partial charge in [0.15, 0.2) is 0 Å². The van der Waals surface area contributed by atoms with Crippen LogP contribution >= 0.6 is 0 Å². The van der Waals surface area contributed by atoms with Crippen molar-refractivity contribution in [2.45, 2.75) is 26.3 Å². The molecule has 1 aliphatic rings. The summed E-state index contributed by atoms with van der Waals surface area (Å²) in [6.07, 6.45) is 2.22. The van der Waals surface area contributed by atoms with E-state index in [2.05, 4.69) is 22.5 Å². The quantitative estimate of drug-likeness (QED) is 0.389. The second kappa shape index (κ2) is 7.84. The van der Waals surface area contributed by atoms with E-state index in [1.54, 1.807) is 6.08 Å². The molecular formula is C12H22N4O2. The number of oxime groups is 1. The average Bonchev–Trinajstić information content (AvgIpc) is 2.85. The third-order valence-corrected chi connectivity index (χ3v) is 2.73. The van der Waals surface area contributed by atoms with Gasteiger partial charge in [-0.15, -0.1) is 0 Å². The summed E-state index contributed by atoms with van der Waals surface area (Å²) in [4.78, 5) is 16.9. The molecule has 1 amide bonds. The van der Waals surface area contributed by atoms with Gasteiger partial charge in [0.1, 0.15) is 6.61 Å². The normalized spacial score (nSPS) is 21.3. The SMILES string of the molecule is C=CCON=C1CN[C@H](C(=O)NN(CC)CC)C1. The van der Waals surface area contributed by atoms with Gasteiger partial charge in [-0.2, -0.15) is 0 Å². The lowest BCUT2D eigenvalue weighted by atomic mass is 10.2. The van der Waals surface area contributed by atoms with E-state index in [0.717, 1.165) is 18.8 Å². The second-order valence-corrected chi connectivity index (χ2v) is 4.03. The van der Waals surface area contributed by atoms with E-state index in [-0.39, 0.29) is 11.9 Å². The van der Waals surface area contributed by atoms with Gasteiger partial charge in [0.05, 0.1) is 11.8 Å². The van der Waals surface area contributed by atoms with Gasteiger partial charge in [0.2, 0.25) is 0 Å². The molecule has 0 bridgehead atoms. The predicted molar refractivity (Wildman–Crippen MR) is 71.1 cm³/mol. The Bertz CT molecular complexity index is 313. The van der Waals surface area contributed by atoms with Crippen LogP contribution in [0.3, 0.4) is 0 Å². The minimum Gasteiger partial charge on any atom is -0.392 e. The minimum absolute atomic E-state index is 0.0207. The van der Waals surface area contributed by atoms with E-state index in [1.165, 1.54) is 0 Å². The number of carbonyl (C=O) groups is 1. The molecule has 0 aromatic heterocycles. The standard InChI is InChI=1S/C12H22N4O2/c1-4-7-18-15-10-8-11(13-9-10)12(17)14-16(5-2)6-3/h4,11,13H,1,5-9H2,2-3H3,(H,14,17)/t11-/m0/s1. The van der Waals surface area contributed by atoms with Gasteiger partial charge in [-0.3, -0.25) is 10.2 Å². The summed E-state index contributed by atoms with van der Waals surface area (Å²) < 4.78 is 0. The van der Waals surface area contributed by atoms with E-state index in [0.29, 0.717) is 19.6 Å². The minimum atomic E-state index is -0.225. The van der Waals surface area contributed by atoms with Gasteiger partial charge in [-0.1, -0.05) is 31.7 Å². The largest absolute Gasteiger partial charge is 0.392 e. The predicted octanol–water partition coefficient (Wildman–Crippen LogP) is 0.280. The van der Waals surface area contributed by atoms with Crippen LogP contribution in [0.1, 0.15) is 20.3 Å². The lowest BCUT2D eigenvalue weighted by molar-refractivity contribution is -0.127. The monoisotopic (exact) mass is 254 g/mol. The first-order valence-electron chi connectivity index (χ1n) is 6.28. The molecule has 1 rings (SSSR count). The first-order valence-corrected chi connectivity index (χ1v) is 6.28. The van der Waals surface area contributed by atoms with E-state index < -0.39 is 0 Å². The summed E-state index contributed by atoms with van der Waals surface area (Å²) >= 11 is 0. The highest BCUT2D eigenvalue weighted by Crippen LogP contribution is 2.04. The Morgan fingerprint density at radius 2 is 2.39 bits per heavy atom. The molecule has 1 fully saturated rings. The molecule has 0 aromatic carbocycles. The highest BCUT2D eigenvalue weighted by Gasteiger charge is 2.27. The molecule has 0 aliphatic carbocycles. The molecule has 1 saturated heterocycles. The fourth-order valence-electron chi connectivity index (χ4n) is 1.67. The number of rotatable bonds is 7. The second-order valence-electron chi connectivity index (χ2n) is 4.03. The van der Waals surface area contributed by atoms with Crippen molar-refractivity contribution < 1.29 is 9.63 Å². The third kappa shape index (κ3) is 4.46. The Labute approximate surface area is 108 Å². The highest BCUT2D eigenvalue weighted by atomic mass is 16.6. The van der Waals surface area contributed by atoms with Gasteiger partial charge in [0, 0.05) is 26.1 Å². The molecule has 0 radical (unpaired) electrons. The van der Waals surface area contributed by atoms with Crippen LogP contribution in [0, 0.1) is 0 Å². The maximum Gasteiger partial charge on any atom is 0.251 e. The van der Waals surface area contributed by atoms with Crippen molar-refractivity contribution in [3.8, 4) is 0 Å². The van der Waals surface area contributed by atoms with Crippen molar-refractivity contribution in [3.63, 3.8) is 0 Å². The summed E-state index contributed by atoms with van der Waals surface area (Å²) in [5, 5.41) is 8.93. The Balaban J connectivity index is 2.38. The number of hydrogen-bond acceptors (Lipinski definition) is 5. The molecule has 0 aromatic rings. The van der Waals surface area contributed by atoms with Crippen molar-refractivity contribution in [1.29, 1.82) is 0 Å². The summed E-state index contributed by atoms with van der Waals surface area (Å²) in [6, 6.07) is -0.225. The lowest BCUT2D eigenvalue weighted by Gasteiger charge is -2.21. The van der Waals surface area contributed by atoms with Gasteiger partial charge in [0.25, 0.3) is 5.91 Å². The Morgan fingerprint density at radius 3 is 3.00 bits per heavy atom. The molecule has 6 heteroatoms. The van der Waals surface area contributed by atoms with Gasteiger partial charge >= 0.3 is 0 Å². The molecule has 6 nitrogen and oxygen atoms in total. The van der Waals surface area contributed by atoms with Crippen molar-refractivity contribution in [3.05, 3.63) is 12.7 Å². The molecule has 0 unspecified atom stereocenters. The Morgan fingerprint density at radius 1 is 1.67 bits per heavy atom. The number of amides is 1. The fourth-order valence-corrected chi connectivity index (χ4v) is 1.67. The van der Waals surface area contributed by atoms with Gasteiger partial charge < -0.3 is 10.2 Å². The molecule has 18 heavy (non-hydrogen) atoms. The topological polar surface area (TPSA) is 66.0 Å². The number of nitrogens with zero attached hydrogens (tertiary/aromatic N) is 2. The number of hydrogen-bond donors (Lipinski definition) is 2. The Kier molecular flexibility index (Phi) is 6.38. The van der Waals surface area contributed by atoms with Crippen LogP contribution in [0.5, 0.6) is 0 Å². The smallest absolute Gasteiger partial charge is 0.251 e. The van der Waals surface area contributed by atoms with Crippen LogP contribution in [0.4, 0.5) is 0 Å². The molecule has 0 saturated carbocycles. The van der Waals surface area contributed by atoms with Crippen LogP contribution < -0.4 is 10.7 Å². The molecular weight excluding hydrogens is 232 g/mol. The first kappa shape index (κ1) is 14.7. The number of carbonyl (C=O) groups excluding carboxylic acids is 1. The molecule has 1 aliphatic heterocycles. The molecule has 0 spiro atoms. The zero-order valence-corrected chi connectivity index (χ0v) is 11.1. The number of hydrazine groups is 1. The molecule has 102 valence electrons. The molecule has 1 heterocycles. The Hall–Kier alpha value is -1.40. The lowest BCUT2D eigenvalue weighted by Crippen LogP contribution is -2.49. The number of nitrogens with one attached hydrogen (secondary N) is 2. The summed E-state index contributed by atoms with van der Waals surface area (Å²) in [7, 11) is 0. The maximum atomic E-state index is 11.9. The third-order valence-electron chi connectivity index (χ3n) is 2.73. The average molecular weight is 254 g/mol. The fraction of sp³-hybridized carbons (Fsp3) is 0.667. The van der Waals surface area contributed by atoms with Crippen LogP contribution in [0.15, 0.2) is 17.8 Å². The summed E-state index contributed by atoms with van der Waals surface area (Å²) in [6.45, 7) is 10.1. The van der Waals surface area contributed by atoms with Crippen molar-refractivity contribution in [1.82, 2.24) is 15.8 Å². The first-order chi connectivity index (χ1) is 8.71. The van der Waals surface area contributed by atoms with Gasteiger partial charge in [-0.05, 0) is 0 Å². The van der Waals surface area contributed by atoms with Crippen molar-refractivity contribution >= 4 is 11.6 Å². The zero-order valence-electron chi connectivity index (χ0n) is 11.1. The van der Waals surface area contributed by atoms with Crippen LogP contribution in [0.2, 0.25) is 0 Å². The van der Waals surface area contributed by atoms with Crippen molar-refractivity contribution in [2.24, 2.45) is 5.16 Å².